The van der Waals surface area contributed by atoms with E-state index in [1.807, 2.05) is 12.1 Å². The number of nitrogens with two attached hydrogens (primary N) is 1. The van der Waals surface area contributed by atoms with Gasteiger partial charge in [-0.2, -0.15) is 0 Å². The first-order valence-corrected chi connectivity index (χ1v) is 5.80. The van der Waals surface area contributed by atoms with Gasteiger partial charge < -0.3 is 10.8 Å². The fourth-order valence-corrected chi connectivity index (χ4v) is 2.25. The number of hydrogen-bond donors (Lipinski definition) is 2. The van der Waals surface area contributed by atoms with Crippen LogP contribution in [0.2, 0.25) is 0 Å². The Kier molecular flexibility index (Phi) is 3.17. The minimum absolute atomic E-state index is 0.427. The maximum Gasteiger partial charge on any atom is 0.325 e. The van der Waals surface area contributed by atoms with Gasteiger partial charge in [-0.15, -0.1) is 0 Å². The van der Waals surface area contributed by atoms with Gasteiger partial charge in [0, 0.05) is 19.6 Å². The van der Waals surface area contributed by atoms with Crippen LogP contribution in [0, 0.1) is 6.92 Å². The second-order valence-electron chi connectivity index (χ2n) is 4.85. The van der Waals surface area contributed by atoms with Crippen LogP contribution in [-0.2, 0) is 11.3 Å². The molecule has 17 heavy (non-hydrogen) atoms. The highest BCUT2D eigenvalue weighted by Gasteiger charge is 2.41. The van der Waals surface area contributed by atoms with Crippen molar-refractivity contribution < 1.29 is 9.90 Å². The minimum Gasteiger partial charge on any atom is -0.480 e. The smallest absolute Gasteiger partial charge is 0.325 e. The van der Waals surface area contributed by atoms with Crippen molar-refractivity contribution in [2.75, 3.05) is 13.1 Å². The molecule has 4 heteroatoms. The van der Waals surface area contributed by atoms with E-state index in [1.54, 1.807) is 0 Å². The molecule has 0 saturated carbocycles. The molecule has 2 rings (SSSR count). The van der Waals surface area contributed by atoms with E-state index < -0.39 is 11.5 Å². The molecule has 1 aliphatic rings. The topological polar surface area (TPSA) is 66.6 Å². The van der Waals surface area contributed by atoms with Crippen LogP contribution < -0.4 is 5.73 Å². The van der Waals surface area contributed by atoms with E-state index in [0.717, 1.165) is 13.1 Å². The summed E-state index contributed by atoms with van der Waals surface area (Å²) in [7, 11) is 0. The highest BCUT2D eigenvalue weighted by atomic mass is 16.4. The van der Waals surface area contributed by atoms with Gasteiger partial charge in [-0.1, -0.05) is 24.3 Å². The summed E-state index contributed by atoms with van der Waals surface area (Å²) in [5.74, 6) is -0.898. The van der Waals surface area contributed by atoms with Crippen molar-refractivity contribution in [3.8, 4) is 0 Å². The SMILES string of the molecule is Cc1ccccc1CN1CCC(N)(C(=O)O)C1. The summed E-state index contributed by atoms with van der Waals surface area (Å²) in [5, 5.41) is 9.06. The molecule has 0 amide bonds. The van der Waals surface area contributed by atoms with Crippen molar-refractivity contribution in [1.29, 1.82) is 0 Å². The van der Waals surface area contributed by atoms with Crippen LogP contribution >= 0.6 is 0 Å². The van der Waals surface area contributed by atoms with Gasteiger partial charge in [0.1, 0.15) is 5.54 Å². The standard InChI is InChI=1S/C13H18N2O2/c1-10-4-2-3-5-11(10)8-15-7-6-13(14,9-15)12(16)17/h2-5H,6-9,14H2,1H3,(H,16,17). The Morgan fingerprint density at radius 1 is 1.53 bits per heavy atom. The number of carbonyl (C=O) groups is 1. The lowest BCUT2D eigenvalue weighted by Gasteiger charge is -2.20. The summed E-state index contributed by atoms with van der Waals surface area (Å²) in [6.45, 7) is 4.02. The van der Waals surface area contributed by atoms with Gasteiger partial charge in [-0.05, 0) is 24.5 Å². The molecule has 1 heterocycles. The maximum atomic E-state index is 11.0. The maximum absolute atomic E-state index is 11.0. The van der Waals surface area contributed by atoms with Crippen molar-refractivity contribution in [2.45, 2.75) is 25.4 Å². The molecule has 0 aromatic heterocycles. The van der Waals surface area contributed by atoms with Gasteiger partial charge in [0.15, 0.2) is 0 Å². The van der Waals surface area contributed by atoms with E-state index in [0.29, 0.717) is 13.0 Å². The van der Waals surface area contributed by atoms with Crippen LogP contribution in [0.5, 0.6) is 0 Å². The predicted molar refractivity (Wildman–Crippen MR) is 65.6 cm³/mol. The lowest BCUT2D eigenvalue weighted by molar-refractivity contribution is -0.142. The summed E-state index contributed by atoms with van der Waals surface area (Å²) in [6.07, 6.45) is 0.522. The fourth-order valence-electron chi connectivity index (χ4n) is 2.25. The van der Waals surface area contributed by atoms with Crippen molar-refractivity contribution in [2.24, 2.45) is 5.73 Å². The quantitative estimate of drug-likeness (QED) is 0.818. The van der Waals surface area contributed by atoms with Crippen LogP contribution in [-0.4, -0.2) is 34.6 Å². The second kappa shape index (κ2) is 4.47. The first-order chi connectivity index (χ1) is 8.01. The largest absolute Gasteiger partial charge is 0.480 e. The summed E-state index contributed by atoms with van der Waals surface area (Å²) in [4.78, 5) is 13.1. The van der Waals surface area contributed by atoms with Gasteiger partial charge >= 0.3 is 5.97 Å². The average Bonchev–Trinajstić information content (AvgIpc) is 2.65. The average molecular weight is 234 g/mol. The molecule has 0 bridgehead atoms. The van der Waals surface area contributed by atoms with Crippen molar-refractivity contribution in [3.05, 3.63) is 35.4 Å². The number of hydrogen-bond acceptors (Lipinski definition) is 3. The Balaban J connectivity index is 2.04. The molecule has 0 aliphatic carbocycles. The lowest BCUT2D eigenvalue weighted by atomic mass is 10.0. The molecule has 1 aromatic rings. The van der Waals surface area contributed by atoms with E-state index in [-0.39, 0.29) is 0 Å². The van der Waals surface area contributed by atoms with Crippen molar-refractivity contribution >= 4 is 5.97 Å². The molecule has 1 aromatic carbocycles. The van der Waals surface area contributed by atoms with Gasteiger partial charge in [0.25, 0.3) is 0 Å². The van der Waals surface area contributed by atoms with E-state index >= 15 is 0 Å². The number of aliphatic carboxylic acids is 1. The van der Waals surface area contributed by atoms with Crippen LogP contribution in [0.15, 0.2) is 24.3 Å². The monoisotopic (exact) mass is 234 g/mol. The Morgan fingerprint density at radius 2 is 2.24 bits per heavy atom. The minimum atomic E-state index is -1.07. The highest BCUT2D eigenvalue weighted by molar-refractivity contribution is 5.79. The van der Waals surface area contributed by atoms with Crippen LogP contribution in [0.4, 0.5) is 0 Å². The summed E-state index contributed by atoms with van der Waals surface area (Å²) >= 11 is 0. The molecule has 1 atom stereocenters. The number of benzene rings is 1. The molecule has 92 valence electrons. The molecule has 1 fully saturated rings. The number of carboxylic acid groups (broad SMARTS) is 1. The molecule has 1 aliphatic heterocycles. The van der Waals surface area contributed by atoms with E-state index in [2.05, 4.69) is 24.0 Å². The molecule has 0 radical (unpaired) electrons. The first-order valence-electron chi connectivity index (χ1n) is 5.80. The van der Waals surface area contributed by atoms with E-state index in [9.17, 15) is 4.79 Å². The van der Waals surface area contributed by atoms with Gasteiger partial charge in [0.05, 0.1) is 0 Å². The Morgan fingerprint density at radius 3 is 2.82 bits per heavy atom. The third kappa shape index (κ3) is 2.48. The zero-order valence-electron chi connectivity index (χ0n) is 10.0. The predicted octanol–water partition coefficient (Wildman–Crippen LogP) is 0.983. The summed E-state index contributed by atoms with van der Waals surface area (Å²) in [5.41, 5.74) is 7.25. The Hall–Kier alpha value is -1.39. The summed E-state index contributed by atoms with van der Waals surface area (Å²) in [6, 6.07) is 8.16. The molecule has 1 unspecified atom stereocenters. The van der Waals surface area contributed by atoms with E-state index in [4.69, 9.17) is 10.8 Å². The Bertz CT molecular complexity index is 433. The highest BCUT2D eigenvalue weighted by Crippen LogP contribution is 2.21. The first kappa shape index (κ1) is 12.1. The molecule has 0 spiro atoms. The van der Waals surface area contributed by atoms with E-state index in [1.165, 1.54) is 11.1 Å². The molecular weight excluding hydrogens is 216 g/mol. The van der Waals surface area contributed by atoms with Gasteiger partial charge in [0.2, 0.25) is 0 Å². The van der Waals surface area contributed by atoms with Crippen LogP contribution in [0.25, 0.3) is 0 Å². The van der Waals surface area contributed by atoms with Crippen molar-refractivity contribution in [1.82, 2.24) is 4.90 Å². The molecular formula is C13H18N2O2. The van der Waals surface area contributed by atoms with Gasteiger partial charge in [-0.25, -0.2) is 0 Å². The Labute approximate surface area is 101 Å². The number of rotatable bonds is 3. The third-order valence-corrected chi connectivity index (χ3v) is 3.46. The fraction of sp³-hybridized carbons (Fsp3) is 0.462. The number of carboxylic acids is 1. The van der Waals surface area contributed by atoms with Gasteiger partial charge in [-0.3, -0.25) is 9.69 Å². The van der Waals surface area contributed by atoms with Crippen LogP contribution in [0.3, 0.4) is 0 Å². The molecule has 3 N–H and O–H groups in total. The number of aryl methyl sites for hydroxylation is 1. The lowest BCUT2D eigenvalue weighted by Crippen LogP contribution is -2.50. The van der Waals surface area contributed by atoms with Crippen LogP contribution in [0.1, 0.15) is 17.5 Å². The zero-order valence-corrected chi connectivity index (χ0v) is 10.0. The molecule has 4 nitrogen and oxygen atoms in total. The second-order valence-corrected chi connectivity index (χ2v) is 4.85. The zero-order chi connectivity index (χ0) is 12.5. The number of likely N-dealkylation sites (tertiary alicyclic amines) is 1. The molecule has 1 saturated heterocycles. The normalized spacial score (nSPS) is 25.1. The van der Waals surface area contributed by atoms with Crippen molar-refractivity contribution in [3.63, 3.8) is 0 Å². The summed E-state index contributed by atoms with van der Waals surface area (Å²) < 4.78 is 0. The third-order valence-electron chi connectivity index (χ3n) is 3.46. The number of nitrogens with zero attached hydrogens (tertiary/aromatic N) is 1.